The highest BCUT2D eigenvalue weighted by Crippen LogP contribution is 2.13. The molecule has 0 amide bonds. The van der Waals surface area contributed by atoms with Crippen molar-refractivity contribution in [3.63, 3.8) is 0 Å². The minimum absolute atomic E-state index is 0.786. The first kappa shape index (κ1) is 8.01. The second-order valence-corrected chi connectivity index (χ2v) is 3.97. The van der Waals surface area contributed by atoms with Gasteiger partial charge in [-0.1, -0.05) is 0 Å². The van der Waals surface area contributed by atoms with Gasteiger partial charge in [0.2, 0.25) is 0 Å². The summed E-state index contributed by atoms with van der Waals surface area (Å²) in [5.41, 5.74) is 0. The second-order valence-electron chi connectivity index (χ2n) is 3.08. The van der Waals surface area contributed by atoms with Crippen molar-refractivity contribution in [3.05, 3.63) is 11.6 Å². The Labute approximate surface area is 76.2 Å². The number of hydrogen-bond acceptors (Lipinski definition) is 4. The molecule has 0 radical (unpaired) electrons. The Morgan fingerprint density at radius 2 is 2.75 bits per heavy atom. The highest BCUT2D eigenvalue weighted by Gasteiger charge is 2.13. The average Bonchev–Trinajstić information content (AvgIpc) is 2.74. The minimum Gasteiger partial charge on any atom is -0.361 e. The molecule has 1 aromatic rings. The highest BCUT2D eigenvalue weighted by atomic mass is 32.1. The molecule has 66 valence electrons. The van der Waals surface area contributed by atoms with Gasteiger partial charge in [-0.15, -0.1) is 11.3 Å². The first-order valence-corrected chi connectivity index (χ1v) is 5.17. The summed E-state index contributed by atoms with van der Waals surface area (Å²) in [6, 6.07) is 0. The van der Waals surface area contributed by atoms with Crippen molar-refractivity contribution in [2.75, 3.05) is 25.0 Å². The van der Waals surface area contributed by atoms with Crippen LogP contribution in [0.2, 0.25) is 0 Å². The van der Waals surface area contributed by atoms with Gasteiger partial charge in [0.15, 0.2) is 5.13 Å². The molecule has 0 unspecified atom stereocenters. The van der Waals surface area contributed by atoms with E-state index in [1.165, 1.54) is 13.0 Å². The molecular weight excluding hydrogens is 170 g/mol. The molecule has 1 atom stereocenters. The van der Waals surface area contributed by atoms with E-state index in [1.54, 1.807) is 11.3 Å². The van der Waals surface area contributed by atoms with Gasteiger partial charge in [-0.3, -0.25) is 0 Å². The van der Waals surface area contributed by atoms with Crippen molar-refractivity contribution < 1.29 is 0 Å². The lowest BCUT2D eigenvalue weighted by atomic mass is 10.1. The second kappa shape index (κ2) is 3.87. The summed E-state index contributed by atoms with van der Waals surface area (Å²) in [6.45, 7) is 3.38. The first-order valence-electron chi connectivity index (χ1n) is 4.29. The summed E-state index contributed by atoms with van der Waals surface area (Å²) in [5, 5.41) is 9.72. The minimum atomic E-state index is 0.786. The third kappa shape index (κ3) is 1.95. The van der Waals surface area contributed by atoms with Crippen LogP contribution in [0.3, 0.4) is 0 Å². The summed E-state index contributed by atoms with van der Waals surface area (Å²) < 4.78 is 0. The van der Waals surface area contributed by atoms with E-state index in [4.69, 9.17) is 0 Å². The molecule has 4 heteroatoms. The number of nitrogens with zero attached hydrogens (tertiary/aromatic N) is 1. The predicted octanol–water partition coefficient (Wildman–Crippen LogP) is 1.16. The normalized spacial score (nSPS) is 22.8. The van der Waals surface area contributed by atoms with Crippen LogP contribution < -0.4 is 10.6 Å². The summed E-state index contributed by atoms with van der Waals surface area (Å²) in [4.78, 5) is 4.16. The molecule has 0 bridgehead atoms. The van der Waals surface area contributed by atoms with Crippen molar-refractivity contribution in [1.82, 2.24) is 10.3 Å². The van der Waals surface area contributed by atoms with Crippen LogP contribution in [0.1, 0.15) is 6.42 Å². The van der Waals surface area contributed by atoms with Gasteiger partial charge in [-0.2, -0.15) is 0 Å². The van der Waals surface area contributed by atoms with E-state index in [0.717, 1.165) is 24.1 Å². The predicted molar refractivity (Wildman–Crippen MR) is 51.6 cm³/mol. The maximum Gasteiger partial charge on any atom is 0.182 e. The Morgan fingerprint density at radius 3 is 3.42 bits per heavy atom. The van der Waals surface area contributed by atoms with E-state index in [-0.39, 0.29) is 0 Å². The molecule has 0 spiro atoms. The largest absolute Gasteiger partial charge is 0.361 e. The van der Waals surface area contributed by atoms with Crippen LogP contribution in [0.5, 0.6) is 0 Å². The van der Waals surface area contributed by atoms with Gasteiger partial charge in [0, 0.05) is 18.1 Å². The van der Waals surface area contributed by atoms with E-state index < -0.39 is 0 Å². The topological polar surface area (TPSA) is 37.0 Å². The van der Waals surface area contributed by atoms with Gasteiger partial charge in [0.1, 0.15) is 0 Å². The Bertz CT molecular complexity index is 216. The molecule has 2 rings (SSSR count). The van der Waals surface area contributed by atoms with Gasteiger partial charge in [-0.25, -0.2) is 4.98 Å². The molecule has 1 aliphatic rings. The number of anilines is 1. The zero-order valence-corrected chi connectivity index (χ0v) is 7.73. The van der Waals surface area contributed by atoms with E-state index in [0.29, 0.717) is 0 Å². The average molecular weight is 183 g/mol. The van der Waals surface area contributed by atoms with Crippen LogP contribution in [0.15, 0.2) is 11.6 Å². The Morgan fingerprint density at radius 1 is 1.75 bits per heavy atom. The van der Waals surface area contributed by atoms with Gasteiger partial charge in [0.25, 0.3) is 0 Å². The van der Waals surface area contributed by atoms with E-state index in [9.17, 15) is 0 Å². The third-order valence-corrected chi connectivity index (χ3v) is 2.87. The highest BCUT2D eigenvalue weighted by molar-refractivity contribution is 7.13. The summed E-state index contributed by atoms with van der Waals surface area (Å²) >= 11 is 1.66. The van der Waals surface area contributed by atoms with Crippen molar-refractivity contribution in [1.29, 1.82) is 0 Å². The lowest BCUT2D eigenvalue weighted by Gasteiger charge is -2.07. The Balaban J connectivity index is 1.74. The fourth-order valence-corrected chi connectivity index (χ4v) is 1.97. The van der Waals surface area contributed by atoms with Gasteiger partial charge in [0.05, 0.1) is 0 Å². The number of nitrogens with one attached hydrogen (secondary N) is 2. The summed E-state index contributed by atoms with van der Waals surface area (Å²) in [6.07, 6.45) is 3.12. The van der Waals surface area contributed by atoms with Gasteiger partial charge < -0.3 is 10.6 Å². The van der Waals surface area contributed by atoms with Crippen LogP contribution in [0, 0.1) is 5.92 Å². The fourth-order valence-electron chi connectivity index (χ4n) is 1.43. The van der Waals surface area contributed by atoms with E-state index in [1.807, 2.05) is 11.6 Å². The molecule has 2 N–H and O–H groups in total. The van der Waals surface area contributed by atoms with Gasteiger partial charge in [-0.05, 0) is 25.4 Å². The fraction of sp³-hybridized carbons (Fsp3) is 0.625. The molecule has 12 heavy (non-hydrogen) atoms. The van der Waals surface area contributed by atoms with Crippen LogP contribution in [0.4, 0.5) is 5.13 Å². The Kier molecular flexibility index (Phi) is 2.58. The maximum atomic E-state index is 4.16. The zero-order chi connectivity index (χ0) is 8.23. The third-order valence-electron chi connectivity index (χ3n) is 2.14. The Hall–Kier alpha value is -0.610. The van der Waals surface area contributed by atoms with Crippen LogP contribution in [-0.2, 0) is 0 Å². The lowest BCUT2D eigenvalue weighted by Crippen LogP contribution is -2.16. The quantitative estimate of drug-likeness (QED) is 0.738. The van der Waals surface area contributed by atoms with Crippen LogP contribution in [0.25, 0.3) is 0 Å². The van der Waals surface area contributed by atoms with Crippen molar-refractivity contribution in [3.8, 4) is 0 Å². The van der Waals surface area contributed by atoms with Gasteiger partial charge >= 0.3 is 0 Å². The van der Waals surface area contributed by atoms with Crippen molar-refractivity contribution in [2.24, 2.45) is 5.92 Å². The standard InChI is InChI=1S/C8H13N3S/c1-2-9-5-7(1)6-11-8-10-3-4-12-8/h3-4,7,9H,1-2,5-6H2,(H,10,11)/t7-/m1/s1. The molecule has 2 heterocycles. The number of rotatable bonds is 3. The SMILES string of the molecule is c1csc(NC[C@@H]2CCNC2)n1. The molecule has 1 fully saturated rings. The molecule has 0 saturated carbocycles. The van der Waals surface area contributed by atoms with Crippen LogP contribution >= 0.6 is 11.3 Å². The molecule has 3 nitrogen and oxygen atoms in total. The monoisotopic (exact) mass is 183 g/mol. The van der Waals surface area contributed by atoms with Crippen molar-refractivity contribution in [2.45, 2.75) is 6.42 Å². The molecule has 1 aliphatic heterocycles. The number of hydrogen-bond donors (Lipinski definition) is 2. The van der Waals surface area contributed by atoms with E-state index >= 15 is 0 Å². The molecule has 1 saturated heterocycles. The zero-order valence-electron chi connectivity index (χ0n) is 6.92. The maximum absolute atomic E-state index is 4.16. The summed E-state index contributed by atoms with van der Waals surface area (Å²) in [5.74, 6) is 0.786. The molecular formula is C8H13N3S. The summed E-state index contributed by atoms with van der Waals surface area (Å²) in [7, 11) is 0. The molecule has 0 aromatic carbocycles. The first-order chi connectivity index (χ1) is 5.95. The number of aromatic nitrogens is 1. The van der Waals surface area contributed by atoms with Crippen LogP contribution in [-0.4, -0.2) is 24.6 Å². The van der Waals surface area contributed by atoms with E-state index in [2.05, 4.69) is 15.6 Å². The smallest absolute Gasteiger partial charge is 0.182 e. The van der Waals surface area contributed by atoms with Crippen molar-refractivity contribution >= 4 is 16.5 Å². The number of thiazole rings is 1. The lowest BCUT2D eigenvalue weighted by molar-refractivity contribution is 0.615. The molecule has 1 aromatic heterocycles. The molecule has 0 aliphatic carbocycles.